The van der Waals surface area contributed by atoms with Crippen LogP contribution in [-0.2, 0) is 17.8 Å². The molecule has 1 saturated carbocycles. The minimum absolute atomic E-state index is 0.0576. The number of carbonyl (C=O) groups excluding carboxylic acids is 1. The number of carbonyl (C=O) groups is 1. The molecule has 0 radical (unpaired) electrons. The summed E-state index contributed by atoms with van der Waals surface area (Å²) in [5.74, 6) is 1.81. The van der Waals surface area contributed by atoms with E-state index in [0.29, 0.717) is 59.5 Å². The number of fused-ring (bicyclic) bond motifs is 2. The van der Waals surface area contributed by atoms with E-state index in [1.165, 1.54) is 6.20 Å². The summed E-state index contributed by atoms with van der Waals surface area (Å²) < 4.78 is 18.8. The number of nitrogens with zero attached hydrogens (tertiary/aromatic N) is 4. The molecule has 3 heterocycles. The minimum atomic E-state index is -0.595. The molecule has 0 saturated heterocycles. The van der Waals surface area contributed by atoms with Gasteiger partial charge >= 0.3 is 6.09 Å². The fourth-order valence-electron chi connectivity index (χ4n) is 5.54. The second-order valence-corrected chi connectivity index (χ2v) is 12.2. The second-order valence-electron chi connectivity index (χ2n) is 11.7. The fraction of sp³-hybridized carbons (Fsp3) is 0.516. The van der Waals surface area contributed by atoms with Crippen molar-refractivity contribution in [3.63, 3.8) is 0 Å². The molecule has 2 aromatic heterocycles. The average molecular weight is 581 g/mol. The third-order valence-electron chi connectivity index (χ3n) is 7.54. The molecule has 41 heavy (non-hydrogen) atoms. The lowest BCUT2D eigenvalue weighted by Crippen LogP contribution is -2.45. The number of ether oxygens (including phenoxy) is 3. The van der Waals surface area contributed by atoms with E-state index in [1.54, 1.807) is 22.9 Å². The van der Waals surface area contributed by atoms with E-state index in [0.717, 1.165) is 44.2 Å². The van der Waals surface area contributed by atoms with Crippen LogP contribution in [0.15, 0.2) is 40.4 Å². The Morgan fingerprint density at radius 1 is 1.12 bits per heavy atom. The summed E-state index contributed by atoms with van der Waals surface area (Å²) in [6.45, 7) is 7.58. The maximum Gasteiger partial charge on any atom is 0.410 e. The Kier molecular flexibility index (Phi) is 8.85. The Bertz CT molecular complexity index is 1530. The number of halogens is 1. The Labute approximate surface area is 244 Å². The van der Waals surface area contributed by atoms with Crippen LogP contribution in [0.1, 0.15) is 65.0 Å². The Morgan fingerprint density at radius 2 is 1.88 bits per heavy atom. The summed E-state index contributed by atoms with van der Waals surface area (Å²) in [6, 6.07) is 1.91. The van der Waals surface area contributed by atoms with E-state index in [4.69, 9.17) is 25.8 Å². The zero-order chi connectivity index (χ0) is 29.0. The summed E-state index contributed by atoms with van der Waals surface area (Å²) >= 11 is 6.12. The Morgan fingerprint density at radius 3 is 2.63 bits per heavy atom. The molecule has 0 aromatic carbocycles. The second kappa shape index (κ2) is 12.5. The van der Waals surface area contributed by atoms with Crippen molar-refractivity contribution in [2.75, 3.05) is 13.2 Å². The van der Waals surface area contributed by atoms with Crippen LogP contribution in [0.25, 0.3) is 11.8 Å². The first-order valence-electron chi connectivity index (χ1n) is 14.3. The number of hydrogen-bond acceptors (Lipinski definition) is 7. The molecule has 10 heteroatoms. The van der Waals surface area contributed by atoms with Crippen LogP contribution < -0.4 is 25.7 Å². The predicted octanol–water partition coefficient (Wildman–Crippen LogP) is 4.04. The summed E-state index contributed by atoms with van der Waals surface area (Å²) in [4.78, 5) is 36.5. The van der Waals surface area contributed by atoms with E-state index in [-0.39, 0.29) is 17.7 Å². The molecule has 1 amide bonds. The van der Waals surface area contributed by atoms with Crippen molar-refractivity contribution in [2.24, 2.45) is 5.92 Å². The van der Waals surface area contributed by atoms with Gasteiger partial charge in [-0.15, -0.1) is 0 Å². The van der Waals surface area contributed by atoms with Crippen molar-refractivity contribution >= 4 is 29.5 Å². The highest BCUT2D eigenvalue weighted by Gasteiger charge is 2.32. The van der Waals surface area contributed by atoms with Crippen molar-refractivity contribution in [3.8, 4) is 11.5 Å². The third kappa shape index (κ3) is 7.40. The molecule has 0 bridgehead atoms. The summed E-state index contributed by atoms with van der Waals surface area (Å²) in [5.41, 5.74) is 3.13. The smallest absolute Gasteiger partial charge is 0.410 e. The van der Waals surface area contributed by atoms with Gasteiger partial charge in [0.2, 0.25) is 0 Å². The third-order valence-corrected chi connectivity index (χ3v) is 7.77. The highest BCUT2D eigenvalue weighted by atomic mass is 35.5. The van der Waals surface area contributed by atoms with Crippen molar-refractivity contribution in [1.29, 1.82) is 0 Å². The molecule has 1 fully saturated rings. The van der Waals surface area contributed by atoms with E-state index in [9.17, 15) is 9.59 Å². The minimum Gasteiger partial charge on any atom is -0.486 e. The van der Waals surface area contributed by atoms with Crippen LogP contribution in [0, 0.1) is 5.92 Å². The number of allylic oxidation sites excluding steroid dienone is 3. The van der Waals surface area contributed by atoms with Crippen LogP contribution in [0.2, 0.25) is 0 Å². The molecule has 3 aliphatic rings. The SMILES string of the molecule is CC(C)(C)OC(=O)N(Cc1cc2c(cn1)OCCO2)C1CCC(CCCn2c(=O)cnc3c2=C=CC(Cl)=CC=3)CC1. The van der Waals surface area contributed by atoms with Crippen LogP contribution in [0.4, 0.5) is 4.79 Å². The molecule has 0 N–H and O–H groups in total. The molecular formula is C31H37ClN4O5. The van der Waals surface area contributed by atoms with Crippen LogP contribution in [-0.4, -0.2) is 50.4 Å². The molecule has 2 aliphatic carbocycles. The quantitative estimate of drug-likeness (QED) is 0.488. The van der Waals surface area contributed by atoms with Gasteiger partial charge in [-0.05, 0) is 77.4 Å². The Hall–Kier alpha value is -3.55. The van der Waals surface area contributed by atoms with Crippen molar-refractivity contribution in [3.05, 3.63) is 62.4 Å². The van der Waals surface area contributed by atoms with Gasteiger partial charge in [0, 0.05) is 29.8 Å². The molecular weight excluding hydrogens is 544 g/mol. The first kappa shape index (κ1) is 29.0. The average Bonchev–Trinajstić information content (AvgIpc) is 3.13. The topological polar surface area (TPSA) is 95.8 Å². The fourth-order valence-corrected chi connectivity index (χ4v) is 5.66. The normalized spacial score (nSPS) is 19.7. The van der Waals surface area contributed by atoms with E-state index < -0.39 is 5.60 Å². The first-order chi connectivity index (χ1) is 19.7. The highest BCUT2D eigenvalue weighted by molar-refractivity contribution is 6.31. The van der Waals surface area contributed by atoms with Gasteiger partial charge in [-0.2, -0.15) is 0 Å². The standard InChI is InChI=1S/C31H37ClN4O5/c1-31(2,3)41-30(38)36(20-23-17-27-28(18-33-23)40-16-15-39-27)24-10-6-21(7-11-24)5-4-14-35-26-13-9-22(32)8-12-25(26)34-19-29(35)37/h8-9,12,17-19,21,24H,4-7,10-11,14-16,20H2,1-3H3. The van der Waals surface area contributed by atoms with Gasteiger partial charge in [-0.25, -0.2) is 9.78 Å². The van der Waals surface area contributed by atoms with Crippen molar-refractivity contribution in [1.82, 2.24) is 19.4 Å². The molecule has 0 atom stereocenters. The predicted molar refractivity (Wildman–Crippen MR) is 156 cm³/mol. The largest absolute Gasteiger partial charge is 0.486 e. The first-order valence-corrected chi connectivity index (χ1v) is 14.7. The zero-order valence-electron chi connectivity index (χ0n) is 23.9. The zero-order valence-corrected chi connectivity index (χ0v) is 24.7. The molecule has 2 aromatic rings. The van der Waals surface area contributed by atoms with E-state index in [2.05, 4.69) is 15.7 Å². The van der Waals surface area contributed by atoms with Crippen LogP contribution in [0.5, 0.6) is 11.5 Å². The van der Waals surface area contributed by atoms with Crippen LogP contribution >= 0.6 is 11.6 Å². The molecule has 0 unspecified atom stereocenters. The number of amides is 1. The monoisotopic (exact) mass is 580 g/mol. The number of rotatable bonds is 7. The van der Waals surface area contributed by atoms with Crippen molar-refractivity contribution in [2.45, 2.75) is 84.0 Å². The summed E-state index contributed by atoms with van der Waals surface area (Å²) in [7, 11) is 0. The number of pyridine rings is 1. The van der Waals surface area contributed by atoms with Gasteiger partial charge in [0.1, 0.15) is 24.2 Å². The highest BCUT2D eigenvalue weighted by Crippen LogP contribution is 2.34. The number of aromatic nitrogens is 3. The molecule has 218 valence electrons. The van der Waals surface area contributed by atoms with Gasteiger partial charge in [0.25, 0.3) is 5.56 Å². The van der Waals surface area contributed by atoms with Gasteiger partial charge in [-0.1, -0.05) is 17.3 Å². The van der Waals surface area contributed by atoms with Crippen LogP contribution in [0.3, 0.4) is 0 Å². The van der Waals surface area contributed by atoms with Gasteiger partial charge < -0.3 is 14.2 Å². The van der Waals surface area contributed by atoms with E-state index >= 15 is 0 Å². The lowest BCUT2D eigenvalue weighted by molar-refractivity contribution is 0.00739. The van der Waals surface area contributed by atoms with Crippen molar-refractivity contribution < 1.29 is 19.0 Å². The molecule has 1 aliphatic heterocycles. The lowest BCUT2D eigenvalue weighted by Gasteiger charge is -2.37. The Balaban J connectivity index is 1.22. The van der Waals surface area contributed by atoms with Gasteiger partial charge in [-0.3, -0.25) is 19.2 Å². The van der Waals surface area contributed by atoms with E-state index in [1.807, 2.05) is 37.8 Å². The maximum absolute atomic E-state index is 13.3. The molecule has 0 spiro atoms. The summed E-state index contributed by atoms with van der Waals surface area (Å²) in [6.07, 6.45) is 13.6. The molecule has 9 nitrogen and oxygen atoms in total. The van der Waals surface area contributed by atoms with Gasteiger partial charge in [0.05, 0.1) is 30.0 Å². The lowest BCUT2D eigenvalue weighted by atomic mass is 9.83. The molecule has 5 rings (SSSR count). The summed E-state index contributed by atoms with van der Waals surface area (Å²) in [5, 5.41) is 1.89. The number of hydrogen-bond donors (Lipinski definition) is 0. The van der Waals surface area contributed by atoms with Gasteiger partial charge in [0.15, 0.2) is 11.5 Å². The maximum atomic E-state index is 13.3.